The molecule has 0 spiro atoms. The highest BCUT2D eigenvalue weighted by molar-refractivity contribution is 6.34. The first-order valence-electron chi connectivity index (χ1n) is 10.3. The van der Waals surface area contributed by atoms with E-state index in [9.17, 15) is 9.59 Å². The normalized spacial score (nSPS) is 13.4. The van der Waals surface area contributed by atoms with E-state index in [4.69, 9.17) is 11.6 Å². The Morgan fingerprint density at radius 1 is 1.20 bits per heavy atom. The minimum absolute atomic E-state index is 0.157. The fourth-order valence-electron chi connectivity index (χ4n) is 3.45. The monoisotopic (exact) mass is 428 g/mol. The van der Waals surface area contributed by atoms with Crippen LogP contribution in [0.3, 0.4) is 0 Å². The number of halogens is 1. The number of benzene rings is 2. The van der Waals surface area contributed by atoms with Gasteiger partial charge in [-0.1, -0.05) is 30.7 Å². The second-order valence-corrected chi connectivity index (χ2v) is 8.02. The number of carbonyl (C=O) groups excluding carboxylic acids is 2. The molecule has 0 fully saturated rings. The van der Waals surface area contributed by atoms with Crippen LogP contribution in [0.1, 0.15) is 34.8 Å². The van der Waals surface area contributed by atoms with E-state index >= 15 is 0 Å². The van der Waals surface area contributed by atoms with Crippen LogP contribution in [0.2, 0.25) is 5.02 Å². The maximum atomic E-state index is 12.3. The summed E-state index contributed by atoms with van der Waals surface area (Å²) in [4.78, 5) is 28.0. The van der Waals surface area contributed by atoms with Gasteiger partial charge in [-0.05, 0) is 55.4 Å². The number of aryl methyl sites for hydroxylation is 1. The molecular formula is C23H29ClN4O2. The Hall–Kier alpha value is -2.57. The van der Waals surface area contributed by atoms with Gasteiger partial charge in [-0.15, -0.1) is 0 Å². The second-order valence-electron chi connectivity index (χ2n) is 7.62. The zero-order valence-corrected chi connectivity index (χ0v) is 18.6. The van der Waals surface area contributed by atoms with Gasteiger partial charge in [0.1, 0.15) is 0 Å². The Morgan fingerprint density at radius 2 is 2.00 bits per heavy atom. The largest absolute Gasteiger partial charge is 0.381 e. The van der Waals surface area contributed by atoms with Crippen molar-refractivity contribution < 1.29 is 9.59 Å². The molecule has 1 heterocycles. The number of anilines is 2. The third-order valence-corrected chi connectivity index (χ3v) is 5.83. The number of likely N-dealkylation sites (N-methyl/N-ethyl adjacent to an activating group) is 1. The second kappa shape index (κ2) is 9.96. The summed E-state index contributed by atoms with van der Waals surface area (Å²) < 4.78 is 0. The molecule has 0 aliphatic carbocycles. The molecule has 2 amide bonds. The van der Waals surface area contributed by atoms with Crippen molar-refractivity contribution in [3.8, 4) is 0 Å². The summed E-state index contributed by atoms with van der Waals surface area (Å²) >= 11 is 6.35. The molecule has 30 heavy (non-hydrogen) atoms. The topological polar surface area (TPSA) is 64.7 Å². The van der Waals surface area contributed by atoms with Crippen molar-refractivity contribution in [2.45, 2.75) is 26.3 Å². The van der Waals surface area contributed by atoms with Crippen molar-refractivity contribution in [1.82, 2.24) is 10.2 Å². The summed E-state index contributed by atoms with van der Waals surface area (Å²) in [7, 11) is 3.83. The van der Waals surface area contributed by atoms with Gasteiger partial charge < -0.3 is 20.4 Å². The molecule has 0 saturated carbocycles. The van der Waals surface area contributed by atoms with Crippen LogP contribution >= 0.6 is 11.6 Å². The first-order chi connectivity index (χ1) is 14.4. The fourth-order valence-corrected chi connectivity index (χ4v) is 3.71. The molecule has 160 valence electrons. The van der Waals surface area contributed by atoms with Crippen LogP contribution in [-0.4, -0.2) is 50.4 Å². The maximum absolute atomic E-state index is 12.3. The predicted octanol–water partition coefficient (Wildman–Crippen LogP) is 3.54. The van der Waals surface area contributed by atoms with Gasteiger partial charge in [0, 0.05) is 44.5 Å². The van der Waals surface area contributed by atoms with Crippen molar-refractivity contribution in [2.24, 2.45) is 0 Å². The molecule has 0 radical (unpaired) electrons. The van der Waals surface area contributed by atoms with Gasteiger partial charge in [0.25, 0.3) is 5.91 Å². The maximum Gasteiger partial charge on any atom is 0.252 e. The van der Waals surface area contributed by atoms with Crippen LogP contribution in [-0.2, 0) is 17.8 Å². The molecule has 2 aromatic carbocycles. The first-order valence-corrected chi connectivity index (χ1v) is 10.7. The Balaban J connectivity index is 1.58. The molecule has 1 aliphatic heterocycles. The molecule has 0 aromatic heterocycles. The zero-order valence-electron chi connectivity index (χ0n) is 17.8. The molecule has 3 rings (SSSR count). The summed E-state index contributed by atoms with van der Waals surface area (Å²) in [5.41, 5.74) is 4.64. The third-order valence-electron chi connectivity index (χ3n) is 5.52. The van der Waals surface area contributed by atoms with Gasteiger partial charge in [0.2, 0.25) is 5.91 Å². The van der Waals surface area contributed by atoms with E-state index in [2.05, 4.69) is 28.5 Å². The number of rotatable bonds is 8. The van der Waals surface area contributed by atoms with Crippen molar-refractivity contribution in [2.75, 3.05) is 43.9 Å². The van der Waals surface area contributed by atoms with Gasteiger partial charge >= 0.3 is 0 Å². The minimum atomic E-state index is -0.163. The number of hydrogen-bond donors (Lipinski definition) is 2. The predicted molar refractivity (Wildman–Crippen MR) is 122 cm³/mol. The standard InChI is InChI=1S/C23H29ClN4O2/c1-4-27(2)12-11-25-23(30)19-8-7-18(14-20(19)24)26-15-16-5-9-21-17(13-16)6-10-22(29)28(21)3/h5,7-9,13-14,26H,4,6,10-12,15H2,1-3H3,(H,25,30). The fraction of sp³-hybridized carbons (Fsp3) is 0.391. The SMILES string of the molecule is CCN(C)CCNC(=O)c1ccc(NCc2ccc3c(c2)CCC(=O)N3C)cc1Cl. The van der Waals surface area contributed by atoms with Crippen LogP contribution in [0.25, 0.3) is 0 Å². The lowest BCUT2D eigenvalue weighted by Crippen LogP contribution is -2.33. The van der Waals surface area contributed by atoms with Crippen LogP contribution in [0, 0.1) is 0 Å². The van der Waals surface area contributed by atoms with Crippen molar-refractivity contribution >= 4 is 34.8 Å². The lowest BCUT2D eigenvalue weighted by atomic mass is 9.99. The Morgan fingerprint density at radius 3 is 2.73 bits per heavy atom. The van der Waals surface area contributed by atoms with E-state index in [-0.39, 0.29) is 11.8 Å². The highest BCUT2D eigenvalue weighted by atomic mass is 35.5. The molecule has 2 aromatic rings. The van der Waals surface area contributed by atoms with E-state index in [1.165, 1.54) is 5.56 Å². The highest BCUT2D eigenvalue weighted by Crippen LogP contribution is 2.28. The molecule has 1 aliphatic rings. The molecule has 0 unspecified atom stereocenters. The van der Waals surface area contributed by atoms with Crippen LogP contribution in [0.15, 0.2) is 36.4 Å². The van der Waals surface area contributed by atoms with E-state index in [1.54, 1.807) is 17.0 Å². The molecule has 7 heteroatoms. The molecular weight excluding hydrogens is 400 g/mol. The van der Waals surface area contributed by atoms with Crippen LogP contribution in [0.4, 0.5) is 11.4 Å². The van der Waals surface area contributed by atoms with Crippen molar-refractivity contribution in [3.63, 3.8) is 0 Å². The molecule has 0 bridgehead atoms. The average molecular weight is 429 g/mol. The zero-order chi connectivity index (χ0) is 21.7. The summed E-state index contributed by atoms with van der Waals surface area (Å²) in [6.07, 6.45) is 1.32. The van der Waals surface area contributed by atoms with Gasteiger partial charge in [-0.3, -0.25) is 9.59 Å². The Bertz CT molecular complexity index is 931. The van der Waals surface area contributed by atoms with E-state index in [0.29, 0.717) is 30.1 Å². The van der Waals surface area contributed by atoms with E-state index in [0.717, 1.165) is 36.4 Å². The van der Waals surface area contributed by atoms with Gasteiger partial charge in [0.15, 0.2) is 0 Å². The number of nitrogens with one attached hydrogen (secondary N) is 2. The molecule has 6 nitrogen and oxygen atoms in total. The van der Waals surface area contributed by atoms with Gasteiger partial charge in [0.05, 0.1) is 10.6 Å². The van der Waals surface area contributed by atoms with E-state index < -0.39 is 0 Å². The number of carbonyl (C=O) groups is 2. The lowest BCUT2D eigenvalue weighted by Gasteiger charge is -2.26. The number of amides is 2. The number of hydrogen-bond acceptors (Lipinski definition) is 4. The molecule has 2 N–H and O–H groups in total. The Kier molecular flexibility index (Phi) is 7.34. The quantitative estimate of drug-likeness (QED) is 0.675. The van der Waals surface area contributed by atoms with Crippen molar-refractivity contribution in [1.29, 1.82) is 0 Å². The lowest BCUT2D eigenvalue weighted by molar-refractivity contribution is -0.118. The third kappa shape index (κ3) is 5.32. The van der Waals surface area contributed by atoms with Gasteiger partial charge in [-0.25, -0.2) is 0 Å². The summed E-state index contributed by atoms with van der Waals surface area (Å²) in [6.45, 7) is 5.03. The smallest absolute Gasteiger partial charge is 0.252 e. The number of fused-ring (bicyclic) bond motifs is 1. The van der Waals surface area contributed by atoms with Crippen LogP contribution < -0.4 is 15.5 Å². The molecule has 0 saturated heterocycles. The highest BCUT2D eigenvalue weighted by Gasteiger charge is 2.20. The summed E-state index contributed by atoms with van der Waals surface area (Å²) in [6, 6.07) is 11.6. The molecule has 0 atom stereocenters. The Labute approximate surface area is 183 Å². The van der Waals surface area contributed by atoms with Crippen LogP contribution in [0.5, 0.6) is 0 Å². The summed E-state index contributed by atoms with van der Waals surface area (Å²) in [5.74, 6) is -0.00562. The van der Waals surface area contributed by atoms with Gasteiger partial charge in [-0.2, -0.15) is 0 Å². The summed E-state index contributed by atoms with van der Waals surface area (Å²) in [5, 5.41) is 6.68. The first kappa shape index (κ1) is 22.1. The number of nitrogens with zero attached hydrogens (tertiary/aromatic N) is 2. The minimum Gasteiger partial charge on any atom is -0.381 e. The van der Waals surface area contributed by atoms with E-state index in [1.807, 2.05) is 32.3 Å². The average Bonchev–Trinajstić information content (AvgIpc) is 2.74. The van der Waals surface area contributed by atoms with Crippen molar-refractivity contribution in [3.05, 3.63) is 58.1 Å².